The van der Waals surface area contributed by atoms with Gasteiger partial charge in [-0.3, -0.25) is 5.43 Å². The van der Waals surface area contributed by atoms with Gasteiger partial charge in [-0.25, -0.2) is 0 Å². The smallest absolute Gasteiger partial charge is 0.171 e. The minimum atomic E-state index is 0.167. The molecule has 0 aliphatic carbocycles. The molecule has 0 atom stereocenters. The molecule has 0 aliphatic heterocycles. The van der Waals surface area contributed by atoms with Crippen molar-refractivity contribution in [2.24, 2.45) is 5.10 Å². The van der Waals surface area contributed by atoms with Crippen molar-refractivity contribution in [3.63, 3.8) is 0 Å². The van der Waals surface area contributed by atoms with Crippen LogP contribution in [0.15, 0.2) is 47.6 Å². The van der Waals surface area contributed by atoms with E-state index in [1.807, 2.05) is 43.3 Å². The van der Waals surface area contributed by atoms with E-state index in [2.05, 4.69) is 33.1 Å². The highest BCUT2D eigenvalue weighted by Gasteiger charge is 2.07. The Balaban J connectivity index is 2.13. The highest BCUT2D eigenvalue weighted by atomic mass is 127. The van der Waals surface area contributed by atoms with Gasteiger partial charge in [0.15, 0.2) is 11.5 Å². The molecule has 0 saturated heterocycles. The topological polar surface area (TPSA) is 53.8 Å². The molecule has 0 spiro atoms. The van der Waals surface area contributed by atoms with Crippen molar-refractivity contribution < 1.29 is 9.84 Å². The van der Waals surface area contributed by atoms with Gasteiger partial charge in [0, 0.05) is 0 Å². The third kappa shape index (κ3) is 3.86. The average Bonchev–Trinajstić information content (AvgIpc) is 2.45. The van der Waals surface area contributed by atoms with Crippen LogP contribution in [0.4, 0.5) is 5.69 Å². The Morgan fingerprint density at radius 1 is 1.30 bits per heavy atom. The molecule has 4 nitrogen and oxygen atoms in total. The molecule has 20 heavy (non-hydrogen) atoms. The number of phenols is 1. The van der Waals surface area contributed by atoms with E-state index in [1.165, 1.54) is 0 Å². The van der Waals surface area contributed by atoms with Gasteiger partial charge in [-0.15, -0.1) is 0 Å². The van der Waals surface area contributed by atoms with E-state index in [9.17, 15) is 5.11 Å². The quantitative estimate of drug-likeness (QED) is 0.470. The van der Waals surface area contributed by atoms with Gasteiger partial charge in [-0.2, -0.15) is 5.10 Å². The highest BCUT2D eigenvalue weighted by Crippen LogP contribution is 2.32. The van der Waals surface area contributed by atoms with E-state index in [-0.39, 0.29) is 5.75 Å². The van der Waals surface area contributed by atoms with Gasteiger partial charge in [-0.1, -0.05) is 18.2 Å². The number of phenolic OH excluding ortho intramolecular Hbond substituents is 1. The van der Waals surface area contributed by atoms with Crippen molar-refractivity contribution in [1.29, 1.82) is 0 Å². The fourth-order valence-corrected chi connectivity index (χ4v) is 2.25. The molecule has 2 rings (SSSR count). The van der Waals surface area contributed by atoms with E-state index in [0.717, 1.165) is 14.8 Å². The molecule has 0 radical (unpaired) electrons. The standard InChI is InChI=1S/C15H15IN2O2/c1-2-20-14-9-11(8-13(16)15(14)19)10-17-18-12-6-4-3-5-7-12/h3-10,18-19H,2H2,1H3/b17-10-. The first-order valence-electron chi connectivity index (χ1n) is 6.20. The highest BCUT2D eigenvalue weighted by molar-refractivity contribution is 14.1. The van der Waals surface area contributed by atoms with Gasteiger partial charge in [0.2, 0.25) is 0 Å². The molecule has 0 aromatic heterocycles. The van der Waals surface area contributed by atoms with Gasteiger partial charge in [0.25, 0.3) is 0 Å². The number of halogens is 1. The fourth-order valence-electron chi connectivity index (χ4n) is 1.63. The molecule has 0 fully saturated rings. The van der Waals surface area contributed by atoms with Gasteiger partial charge < -0.3 is 9.84 Å². The first-order valence-corrected chi connectivity index (χ1v) is 7.28. The van der Waals surface area contributed by atoms with Crippen molar-refractivity contribution in [3.8, 4) is 11.5 Å². The maximum atomic E-state index is 9.86. The van der Waals surface area contributed by atoms with Crippen LogP contribution in [0.25, 0.3) is 0 Å². The molecule has 0 heterocycles. The lowest BCUT2D eigenvalue weighted by Crippen LogP contribution is -1.96. The summed E-state index contributed by atoms with van der Waals surface area (Å²) in [5.41, 5.74) is 4.72. The van der Waals surface area contributed by atoms with Gasteiger partial charge in [0.1, 0.15) is 0 Å². The predicted octanol–water partition coefficient (Wildman–Crippen LogP) is 3.84. The Bertz CT molecular complexity index is 600. The second-order valence-corrected chi connectivity index (χ2v) is 5.18. The summed E-state index contributed by atoms with van der Waals surface area (Å²) < 4.78 is 6.12. The second kappa shape index (κ2) is 7.14. The third-order valence-corrected chi connectivity index (χ3v) is 3.35. The third-order valence-electron chi connectivity index (χ3n) is 2.53. The lowest BCUT2D eigenvalue weighted by molar-refractivity contribution is 0.317. The van der Waals surface area contributed by atoms with Crippen LogP contribution in [0.1, 0.15) is 12.5 Å². The summed E-state index contributed by atoms with van der Waals surface area (Å²) in [5, 5.41) is 14.0. The van der Waals surface area contributed by atoms with Gasteiger partial charge >= 0.3 is 0 Å². The van der Waals surface area contributed by atoms with Crippen molar-refractivity contribution >= 4 is 34.5 Å². The largest absolute Gasteiger partial charge is 0.504 e. The predicted molar refractivity (Wildman–Crippen MR) is 89.7 cm³/mol. The monoisotopic (exact) mass is 382 g/mol. The fraction of sp³-hybridized carbons (Fsp3) is 0.133. The minimum absolute atomic E-state index is 0.167. The molecule has 0 bridgehead atoms. The maximum Gasteiger partial charge on any atom is 0.171 e. The zero-order valence-electron chi connectivity index (χ0n) is 11.0. The molecule has 2 aromatic rings. The Morgan fingerprint density at radius 2 is 2.05 bits per heavy atom. The van der Waals surface area contributed by atoms with Crippen molar-refractivity contribution in [2.45, 2.75) is 6.92 Å². The number of hydrazone groups is 1. The molecular formula is C15H15IN2O2. The molecule has 104 valence electrons. The number of benzene rings is 2. The number of hydrogen-bond donors (Lipinski definition) is 2. The van der Waals surface area contributed by atoms with Crippen molar-refractivity contribution in [3.05, 3.63) is 51.6 Å². The first kappa shape index (κ1) is 14.6. The molecule has 2 N–H and O–H groups in total. The molecule has 2 aromatic carbocycles. The van der Waals surface area contributed by atoms with Gasteiger partial charge in [0.05, 0.1) is 22.1 Å². The van der Waals surface area contributed by atoms with Crippen LogP contribution < -0.4 is 10.2 Å². The Kier molecular flexibility index (Phi) is 5.23. The summed E-state index contributed by atoms with van der Waals surface area (Å²) in [4.78, 5) is 0. The van der Waals surface area contributed by atoms with Crippen LogP contribution in [0, 0.1) is 3.57 Å². The summed E-state index contributed by atoms with van der Waals surface area (Å²) >= 11 is 2.07. The van der Waals surface area contributed by atoms with Crippen LogP contribution >= 0.6 is 22.6 Å². The number of para-hydroxylation sites is 1. The average molecular weight is 382 g/mol. The van der Waals surface area contributed by atoms with Crippen LogP contribution in [-0.4, -0.2) is 17.9 Å². The van der Waals surface area contributed by atoms with Crippen molar-refractivity contribution in [1.82, 2.24) is 0 Å². The van der Waals surface area contributed by atoms with Crippen LogP contribution in [-0.2, 0) is 0 Å². The summed E-state index contributed by atoms with van der Waals surface area (Å²) in [6.07, 6.45) is 1.69. The Morgan fingerprint density at radius 3 is 2.75 bits per heavy atom. The van der Waals surface area contributed by atoms with E-state index in [4.69, 9.17) is 4.74 Å². The number of ether oxygens (including phenoxy) is 1. The van der Waals surface area contributed by atoms with Crippen LogP contribution in [0.2, 0.25) is 0 Å². The van der Waals surface area contributed by atoms with Crippen molar-refractivity contribution in [2.75, 3.05) is 12.0 Å². The lowest BCUT2D eigenvalue weighted by atomic mass is 10.2. The first-order chi connectivity index (χ1) is 9.70. The van der Waals surface area contributed by atoms with Gasteiger partial charge in [-0.05, 0) is 59.3 Å². The second-order valence-electron chi connectivity index (χ2n) is 4.02. The number of aromatic hydroxyl groups is 1. The number of hydrogen-bond acceptors (Lipinski definition) is 4. The SMILES string of the molecule is CCOc1cc(/C=N\Nc2ccccc2)cc(I)c1O. The van der Waals surface area contributed by atoms with E-state index >= 15 is 0 Å². The number of nitrogens with zero attached hydrogens (tertiary/aromatic N) is 1. The van der Waals surface area contributed by atoms with E-state index in [1.54, 1.807) is 12.3 Å². The van der Waals surface area contributed by atoms with Crippen LogP contribution in [0.5, 0.6) is 11.5 Å². The van der Waals surface area contributed by atoms with E-state index < -0.39 is 0 Å². The number of rotatable bonds is 5. The summed E-state index contributed by atoms with van der Waals surface area (Å²) in [6, 6.07) is 13.3. The zero-order chi connectivity index (χ0) is 14.4. The molecule has 0 unspecified atom stereocenters. The molecular weight excluding hydrogens is 367 g/mol. The van der Waals surface area contributed by atoms with Crippen LogP contribution in [0.3, 0.4) is 0 Å². The maximum absolute atomic E-state index is 9.86. The zero-order valence-corrected chi connectivity index (χ0v) is 13.2. The Hall–Kier alpha value is -1.76. The molecule has 0 aliphatic rings. The lowest BCUT2D eigenvalue weighted by Gasteiger charge is -2.08. The number of nitrogens with one attached hydrogen (secondary N) is 1. The molecule has 0 amide bonds. The molecule has 0 saturated carbocycles. The normalized spacial score (nSPS) is 10.7. The minimum Gasteiger partial charge on any atom is -0.504 e. The molecule has 5 heteroatoms. The Labute approximate surface area is 131 Å². The summed E-state index contributed by atoms with van der Waals surface area (Å²) in [7, 11) is 0. The summed E-state index contributed by atoms with van der Waals surface area (Å²) in [5.74, 6) is 0.640. The summed E-state index contributed by atoms with van der Waals surface area (Å²) in [6.45, 7) is 2.39. The van der Waals surface area contributed by atoms with E-state index in [0.29, 0.717) is 12.4 Å². The number of anilines is 1.